The van der Waals surface area contributed by atoms with Crippen LogP contribution in [0.5, 0.6) is 0 Å². The molecule has 1 amide bonds. The molecule has 0 radical (unpaired) electrons. The second kappa shape index (κ2) is 5.35. The zero-order valence-corrected chi connectivity index (χ0v) is 10.5. The van der Waals surface area contributed by atoms with Crippen LogP contribution in [0.2, 0.25) is 0 Å². The molecule has 0 heterocycles. The van der Waals surface area contributed by atoms with E-state index in [2.05, 4.69) is 10.6 Å². The van der Waals surface area contributed by atoms with E-state index in [1.807, 2.05) is 0 Å². The molecule has 0 aromatic heterocycles. The zero-order chi connectivity index (χ0) is 13.1. The number of anilines is 1. The van der Waals surface area contributed by atoms with Crippen molar-refractivity contribution in [3.63, 3.8) is 0 Å². The quantitative estimate of drug-likeness (QED) is 0.858. The van der Waals surface area contributed by atoms with E-state index in [-0.39, 0.29) is 23.7 Å². The van der Waals surface area contributed by atoms with Gasteiger partial charge in [-0.05, 0) is 25.0 Å². The molecule has 0 bridgehead atoms. The normalized spacial score (nSPS) is 22.2. The topological polar surface area (TPSA) is 50.4 Å². The largest absolute Gasteiger partial charge is 0.385 e. The van der Waals surface area contributed by atoms with Crippen molar-refractivity contribution in [2.45, 2.75) is 25.0 Å². The first kappa shape index (κ1) is 12.8. The molecule has 1 aromatic carbocycles. The number of ether oxygens (including phenoxy) is 1. The molecule has 1 aromatic rings. The number of carbonyl (C=O) groups is 1. The van der Waals surface area contributed by atoms with Crippen LogP contribution < -0.4 is 10.6 Å². The van der Waals surface area contributed by atoms with Crippen molar-refractivity contribution in [2.24, 2.45) is 0 Å². The van der Waals surface area contributed by atoms with Crippen molar-refractivity contribution in [3.05, 3.63) is 29.6 Å². The molecule has 2 rings (SSSR count). The third-order valence-electron chi connectivity index (χ3n) is 3.27. The Hall–Kier alpha value is -1.62. The fourth-order valence-electron chi connectivity index (χ4n) is 2.11. The lowest BCUT2D eigenvalue weighted by molar-refractivity contribution is 0.0176. The van der Waals surface area contributed by atoms with Gasteiger partial charge in [0, 0.05) is 20.2 Å². The zero-order valence-electron chi connectivity index (χ0n) is 10.5. The van der Waals surface area contributed by atoms with Crippen molar-refractivity contribution < 1.29 is 13.9 Å². The van der Waals surface area contributed by atoms with E-state index >= 15 is 0 Å². The van der Waals surface area contributed by atoms with E-state index in [0.29, 0.717) is 5.56 Å². The number of hydrogen-bond acceptors (Lipinski definition) is 3. The smallest absolute Gasteiger partial charge is 0.253 e. The molecule has 1 aliphatic rings. The lowest BCUT2D eigenvalue weighted by Gasteiger charge is -2.34. The minimum atomic E-state index is -0.423. The Morgan fingerprint density at radius 1 is 1.44 bits per heavy atom. The minimum Gasteiger partial charge on any atom is -0.385 e. The molecule has 1 saturated carbocycles. The average Bonchev–Trinajstić information content (AvgIpc) is 2.32. The number of rotatable bonds is 4. The van der Waals surface area contributed by atoms with Gasteiger partial charge in [0.15, 0.2) is 0 Å². The van der Waals surface area contributed by atoms with Gasteiger partial charge in [-0.2, -0.15) is 0 Å². The summed E-state index contributed by atoms with van der Waals surface area (Å²) in [6, 6.07) is 4.59. The number of carbonyl (C=O) groups excluding carboxylic acids is 1. The summed E-state index contributed by atoms with van der Waals surface area (Å²) >= 11 is 0. The van der Waals surface area contributed by atoms with Crippen molar-refractivity contribution in [1.29, 1.82) is 0 Å². The summed E-state index contributed by atoms with van der Waals surface area (Å²) in [4.78, 5) is 12.0. The van der Waals surface area contributed by atoms with E-state index in [0.717, 1.165) is 12.8 Å². The number of methoxy groups -OCH3 is 1. The van der Waals surface area contributed by atoms with Crippen LogP contribution in [0, 0.1) is 5.82 Å². The van der Waals surface area contributed by atoms with Gasteiger partial charge in [-0.25, -0.2) is 4.39 Å². The summed E-state index contributed by atoms with van der Waals surface area (Å²) < 4.78 is 18.6. The lowest BCUT2D eigenvalue weighted by Crippen LogP contribution is -2.47. The highest BCUT2D eigenvalue weighted by Crippen LogP contribution is 2.24. The highest BCUT2D eigenvalue weighted by molar-refractivity contribution is 5.99. The van der Waals surface area contributed by atoms with E-state index in [9.17, 15) is 9.18 Å². The molecule has 18 heavy (non-hydrogen) atoms. The van der Waals surface area contributed by atoms with Crippen LogP contribution in [0.25, 0.3) is 0 Å². The standard InChI is InChI=1S/C13H17FN2O2/c1-15-12-10(4-3-5-11(12)14)13(17)16-8-6-9(7-8)18-2/h3-5,8-9,15H,6-7H2,1-2H3,(H,16,17). The Morgan fingerprint density at radius 3 is 2.78 bits per heavy atom. The second-order valence-electron chi connectivity index (χ2n) is 4.41. The van der Waals surface area contributed by atoms with Crippen LogP contribution >= 0.6 is 0 Å². The van der Waals surface area contributed by atoms with Crippen LogP contribution in [-0.4, -0.2) is 32.2 Å². The SMILES string of the molecule is CNc1c(F)cccc1C(=O)NC1CC(OC)C1. The number of para-hydroxylation sites is 1. The number of nitrogens with one attached hydrogen (secondary N) is 2. The van der Waals surface area contributed by atoms with Crippen LogP contribution in [0.4, 0.5) is 10.1 Å². The van der Waals surface area contributed by atoms with Gasteiger partial charge in [0.25, 0.3) is 5.91 Å². The minimum absolute atomic E-state index is 0.121. The molecule has 0 spiro atoms. The molecule has 1 fully saturated rings. The first-order valence-corrected chi connectivity index (χ1v) is 5.95. The predicted octanol–water partition coefficient (Wildman–Crippen LogP) is 1.77. The third-order valence-corrected chi connectivity index (χ3v) is 3.27. The second-order valence-corrected chi connectivity index (χ2v) is 4.41. The Balaban J connectivity index is 2.03. The number of halogens is 1. The van der Waals surface area contributed by atoms with Crippen molar-refractivity contribution in [1.82, 2.24) is 5.32 Å². The van der Waals surface area contributed by atoms with Gasteiger partial charge >= 0.3 is 0 Å². The van der Waals surface area contributed by atoms with Crippen LogP contribution in [0.3, 0.4) is 0 Å². The summed E-state index contributed by atoms with van der Waals surface area (Å²) in [5.41, 5.74) is 0.566. The summed E-state index contributed by atoms with van der Waals surface area (Å²) in [5, 5.41) is 5.59. The highest BCUT2D eigenvalue weighted by atomic mass is 19.1. The van der Waals surface area contributed by atoms with Crippen molar-refractivity contribution in [2.75, 3.05) is 19.5 Å². The predicted molar refractivity (Wildman–Crippen MR) is 67.2 cm³/mol. The molecule has 4 nitrogen and oxygen atoms in total. The maximum absolute atomic E-state index is 13.5. The molecular formula is C13H17FN2O2. The first-order valence-electron chi connectivity index (χ1n) is 5.95. The number of amides is 1. The fourth-order valence-corrected chi connectivity index (χ4v) is 2.11. The highest BCUT2D eigenvalue weighted by Gasteiger charge is 2.30. The van der Waals surface area contributed by atoms with Gasteiger partial charge in [0.05, 0.1) is 17.4 Å². The third kappa shape index (κ3) is 2.46. The van der Waals surface area contributed by atoms with Crippen molar-refractivity contribution in [3.8, 4) is 0 Å². The molecule has 0 saturated heterocycles. The number of benzene rings is 1. The Kier molecular flexibility index (Phi) is 3.81. The van der Waals surface area contributed by atoms with E-state index in [1.54, 1.807) is 20.2 Å². The van der Waals surface area contributed by atoms with Crippen LogP contribution in [0.15, 0.2) is 18.2 Å². The summed E-state index contributed by atoms with van der Waals surface area (Å²) in [7, 11) is 3.26. The van der Waals surface area contributed by atoms with Crippen molar-refractivity contribution >= 4 is 11.6 Å². The fraction of sp³-hybridized carbons (Fsp3) is 0.462. The van der Waals surface area contributed by atoms with Gasteiger partial charge in [0.1, 0.15) is 5.82 Å². The summed E-state index contributed by atoms with van der Waals surface area (Å²) in [6.07, 6.45) is 1.85. The molecule has 5 heteroatoms. The molecule has 98 valence electrons. The van der Waals surface area contributed by atoms with E-state index in [4.69, 9.17) is 4.74 Å². The Labute approximate surface area is 106 Å². The van der Waals surface area contributed by atoms with Gasteiger partial charge in [-0.1, -0.05) is 6.07 Å². The summed E-state index contributed by atoms with van der Waals surface area (Å²) in [6.45, 7) is 0. The Morgan fingerprint density at radius 2 is 2.17 bits per heavy atom. The van der Waals surface area contributed by atoms with Gasteiger partial charge in [-0.15, -0.1) is 0 Å². The number of hydrogen-bond donors (Lipinski definition) is 2. The monoisotopic (exact) mass is 252 g/mol. The molecule has 1 aliphatic carbocycles. The molecule has 0 atom stereocenters. The van der Waals surface area contributed by atoms with E-state index < -0.39 is 5.82 Å². The maximum Gasteiger partial charge on any atom is 0.253 e. The molecule has 0 aliphatic heterocycles. The summed E-state index contributed by atoms with van der Waals surface area (Å²) in [5.74, 6) is -0.674. The van der Waals surface area contributed by atoms with Gasteiger partial charge < -0.3 is 15.4 Å². The molecular weight excluding hydrogens is 235 g/mol. The first-order chi connectivity index (χ1) is 8.65. The maximum atomic E-state index is 13.5. The van der Waals surface area contributed by atoms with Crippen LogP contribution in [-0.2, 0) is 4.74 Å². The molecule has 0 unspecified atom stereocenters. The molecule has 2 N–H and O–H groups in total. The van der Waals surface area contributed by atoms with Gasteiger partial charge in [0.2, 0.25) is 0 Å². The average molecular weight is 252 g/mol. The lowest BCUT2D eigenvalue weighted by atomic mass is 9.89. The van der Waals surface area contributed by atoms with E-state index in [1.165, 1.54) is 12.1 Å². The van der Waals surface area contributed by atoms with Gasteiger partial charge in [-0.3, -0.25) is 4.79 Å². The Bertz CT molecular complexity index is 445. The van der Waals surface area contributed by atoms with Crippen LogP contribution in [0.1, 0.15) is 23.2 Å².